The van der Waals surface area contributed by atoms with Gasteiger partial charge in [-0.1, -0.05) is 0 Å². The van der Waals surface area contributed by atoms with Crippen LogP contribution < -0.4 is 5.43 Å². The van der Waals surface area contributed by atoms with Crippen LogP contribution in [0.2, 0.25) is 0 Å². The summed E-state index contributed by atoms with van der Waals surface area (Å²) in [7, 11) is 2.07. The number of hydrogen-bond acceptors (Lipinski definition) is 5. The number of hydrogen-bond donors (Lipinski definition) is 2. The average Bonchev–Trinajstić information content (AvgIpc) is 2.74. The van der Waals surface area contributed by atoms with Gasteiger partial charge in [0, 0.05) is 26.2 Å². The molecule has 1 aromatic heterocycles. The van der Waals surface area contributed by atoms with E-state index in [4.69, 9.17) is 0 Å². The molecule has 0 spiro atoms. The van der Waals surface area contributed by atoms with Gasteiger partial charge in [0.25, 0.3) is 5.91 Å². The van der Waals surface area contributed by atoms with Gasteiger partial charge in [0.2, 0.25) is 0 Å². The largest absolute Gasteiger partial charge is 0.304 e. The van der Waals surface area contributed by atoms with Crippen molar-refractivity contribution in [2.75, 3.05) is 33.2 Å². The van der Waals surface area contributed by atoms with Gasteiger partial charge in [0.1, 0.15) is 0 Å². The summed E-state index contributed by atoms with van der Waals surface area (Å²) in [5.41, 5.74) is 3.10. The Kier molecular flexibility index (Phi) is 2.93. The zero-order valence-electron chi connectivity index (χ0n) is 8.60. The summed E-state index contributed by atoms with van der Waals surface area (Å²) in [4.78, 5) is 13.8. The first-order valence-corrected chi connectivity index (χ1v) is 4.86. The van der Waals surface area contributed by atoms with E-state index in [2.05, 4.69) is 32.8 Å². The topological polar surface area (TPSA) is 77.1 Å². The Morgan fingerprint density at radius 3 is 2.80 bits per heavy atom. The second kappa shape index (κ2) is 4.37. The van der Waals surface area contributed by atoms with E-state index >= 15 is 0 Å². The quantitative estimate of drug-likeness (QED) is 0.634. The summed E-state index contributed by atoms with van der Waals surface area (Å²) in [6, 6.07) is 0. The summed E-state index contributed by atoms with van der Waals surface area (Å²) >= 11 is 0. The SMILES string of the molecule is CN1CCN(NC(=O)c2cn[nH]n2)CC1. The maximum absolute atomic E-state index is 11.6. The first kappa shape index (κ1) is 10.1. The molecular weight excluding hydrogens is 196 g/mol. The molecule has 0 aliphatic carbocycles. The minimum absolute atomic E-state index is 0.215. The Morgan fingerprint density at radius 1 is 1.47 bits per heavy atom. The average molecular weight is 210 g/mol. The fourth-order valence-corrected chi connectivity index (χ4v) is 1.43. The van der Waals surface area contributed by atoms with Crippen molar-refractivity contribution in [2.24, 2.45) is 0 Å². The van der Waals surface area contributed by atoms with Gasteiger partial charge in [-0.05, 0) is 7.05 Å². The van der Waals surface area contributed by atoms with Crippen molar-refractivity contribution in [1.82, 2.24) is 30.7 Å². The molecule has 1 aliphatic rings. The molecule has 0 atom stereocenters. The number of carbonyl (C=O) groups is 1. The van der Waals surface area contributed by atoms with E-state index in [1.807, 2.05) is 5.01 Å². The third kappa shape index (κ3) is 2.51. The van der Waals surface area contributed by atoms with Crippen molar-refractivity contribution in [3.05, 3.63) is 11.9 Å². The first-order chi connectivity index (χ1) is 7.25. The van der Waals surface area contributed by atoms with E-state index in [0.717, 1.165) is 26.2 Å². The van der Waals surface area contributed by atoms with Crippen LogP contribution >= 0.6 is 0 Å². The highest BCUT2D eigenvalue weighted by atomic mass is 16.2. The zero-order chi connectivity index (χ0) is 10.7. The van der Waals surface area contributed by atoms with Crippen LogP contribution in [0.4, 0.5) is 0 Å². The molecule has 1 saturated heterocycles. The van der Waals surface area contributed by atoms with Crippen LogP contribution in [0.15, 0.2) is 6.20 Å². The van der Waals surface area contributed by atoms with Crippen LogP contribution in [0.1, 0.15) is 10.5 Å². The van der Waals surface area contributed by atoms with Gasteiger partial charge in [-0.25, -0.2) is 5.01 Å². The molecule has 1 aromatic rings. The molecule has 0 radical (unpaired) electrons. The van der Waals surface area contributed by atoms with Gasteiger partial charge in [-0.15, -0.1) is 0 Å². The molecule has 0 saturated carbocycles. The van der Waals surface area contributed by atoms with Crippen molar-refractivity contribution >= 4 is 5.91 Å². The summed E-state index contributed by atoms with van der Waals surface area (Å²) in [5.74, 6) is -0.215. The second-order valence-corrected chi connectivity index (χ2v) is 3.59. The zero-order valence-corrected chi connectivity index (χ0v) is 8.60. The standard InChI is InChI=1S/C8H14N6O/c1-13-2-4-14(5-3-13)11-8(15)7-6-9-12-10-7/h6H,2-5H2,1H3,(H,11,15)(H,9,10,12). The van der Waals surface area contributed by atoms with Gasteiger partial charge in [-0.3, -0.25) is 10.2 Å². The lowest BCUT2D eigenvalue weighted by Gasteiger charge is -2.32. The van der Waals surface area contributed by atoms with Gasteiger partial charge in [0.15, 0.2) is 5.69 Å². The van der Waals surface area contributed by atoms with E-state index < -0.39 is 0 Å². The number of amides is 1. The molecule has 1 amide bonds. The first-order valence-electron chi connectivity index (χ1n) is 4.86. The third-order valence-corrected chi connectivity index (χ3v) is 2.41. The van der Waals surface area contributed by atoms with Gasteiger partial charge in [-0.2, -0.15) is 15.4 Å². The van der Waals surface area contributed by atoms with Gasteiger partial charge < -0.3 is 4.90 Å². The van der Waals surface area contributed by atoms with Crippen molar-refractivity contribution in [1.29, 1.82) is 0 Å². The fraction of sp³-hybridized carbons (Fsp3) is 0.625. The van der Waals surface area contributed by atoms with E-state index in [-0.39, 0.29) is 5.91 Å². The van der Waals surface area contributed by atoms with Crippen LogP contribution in [0.5, 0.6) is 0 Å². The molecule has 0 bridgehead atoms. The minimum atomic E-state index is -0.215. The summed E-state index contributed by atoms with van der Waals surface area (Å²) in [6.45, 7) is 3.58. The highest BCUT2D eigenvalue weighted by Gasteiger charge is 2.17. The van der Waals surface area contributed by atoms with Crippen LogP contribution in [-0.4, -0.2) is 64.5 Å². The van der Waals surface area contributed by atoms with Crippen molar-refractivity contribution in [2.45, 2.75) is 0 Å². The molecule has 15 heavy (non-hydrogen) atoms. The molecule has 2 N–H and O–H groups in total. The second-order valence-electron chi connectivity index (χ2n) is 3.59. The number of likely N-dealkylation sites (N-methyl/N-ethyl adjacent to an activating group) is 1. The summed E-state index contributed by atoms with van der Waals surface area (Å²) in [6.07, 6.45) is 1.41. The van der Waals surface area contributed by atoms with E-state index in [1.54, 1.807) is 0 Å². The number of aromatic amines is 1. The van der Waals surface area contributed by atoms with Gasteiger partial charge >= 0.3 is 0 Å². The van der Waals surface area contributed by atoms with Crippen LogP contribution in [0.25, 0.3) is 0 Å². The molecule has 82 valence electrons. The van der Waals surface area contributed by atoms with Gasteiger partial charge in [0.05, 0.1) is 6.20 Å². The Balaban J connectivity index is 1.85. The Bertz CT molecular complexity index is 316. The highest BCUT2D eigenvalue weighted by Crippen LogP contribution is 1.97. The lowest BCUT2D eigenvalue weighted by atomic mass is 10.4. The molecule has 7 nitrogen and oxygen atoms in total. The van der Waals surface area contributed by atoms with E-state index in [0.29, 0.717) is 5.69 Å². The van der Waals surface area contributed by atoms with E-state index in [9.17, 15) is 4.79 Å². The van der Waals surface area contributed by atoms with Crippen molar-refractivity contribution in [3.8, 4) is 0 Å². The minimum Gasteiger partial charge on any atom is -0.304 e. The monoisotopic (exact) mass is 210 g/mol. The third-order valence-electron chi connectivity index (χ3n) is 2.41. The normalized spacial score (nSPS) is 19.0. The molecule has 2 heterocycles. The van der Waals surface area contributed by atoms with Crippen LogP contribution in [0, 0.1) is 0 Å². The molecule has 0 aromatic carbocycles. The van der Waals surface area contributed by atoms with Crippen LogP contribution in [-0.2, 0) is 0 Å². The van der Waals surface area contributed by atoms with Crippen molar-refractivity contribution < 1.29 is 4.79 Å². The smallest absolute Gasteiger partial charge is 0.287 e. The number of aromatic nitrogens is 3. The Hall–Kier alpha value is -1.47. The number of carbonyl (C=O) groups excluding carboxylic acids is 1. The lowest BCUT2D eigenvalue weighted by Crippen LogP contribution is -2.52. The number of nitrogens with one attached hydrogen (secondary N) is 2. The molecule has 1 aliphatic heterocycles. The maximum Gasteiger partial charge on any atom is 0.287 e. The molecule has 0 unspecified atom stereocenters. The summed E-state index contributed by atoms with van der Waals surface area (Å²) < 4.78 is 0. The molecule has 2 rings (SSSR count). The fourth-order valence-electron chi connectivity index (χ4n) is 1.43. The predicted molar refractivity (Wildman–Crippen MR) is 52.9 cm³/mol. The van der Waals surface area contributed by atoms with E-state index in [1.165, 1.54) is 6.20 Å². The molecular formula is C8H14N6O. The Morgan fingerprint density at radius 2 is 2.20 bits per heavy atom. The van der Waals surface area contributed by atoms with Crippen molar-refractivity contribution in [3.63, 3.8) is 0 Å². The molecule has 7 heteroatoms. The lowest BCUT2D eigenvalue weighted by molar-refractivity contribution is 0.0657. The predicted octanol–water partition coefficient (Wildman–Crippen LogP) is -1.30. The highest BCUT2D eigenvalue weighted by molar-refractivity contribution is 5.91. The molecule has 1 fully saturated rings. The number of nitrogens with zero attached hydrogens (tertiary/aromatic N) is 4. The maximum atomic E-state index is 11.6. The summed E-state index contributed by atoms with van der Waals surface area (Å²) in [5, 5.41) is 11.6. The Labute approximate surface area is 87.4 Å². The number of rotatable bonds is 2. The number of hydrazine groups is 1. The number of H-pyrrole nitrogens is 1. The number of piperazine rings is 1. The van der Waals surface area contributed by atoms with Crippen LogP contribution in [0.3, 0.4) is 0 Å².